The summed E-state index contributed by atoms with van der Waals surface area (Å²) >= 11 is 0. The van der Waals surface area contributed by atoms with E-state index in [0.717, 1.165) is 58.4 Å². The van der Waals surface area contributed by atoms with Gasteiger partial charge in [-0.1, -0.05) is 0 Å². The molecule has 164 valence electrons. The fourth-order valence-electron chi connectivity index (χ4n) is 5.29. The molecule has 1 unspecified atom stereocenters. The van der Waals surface area contributed by atoms with Crippen LogP contribution in [0.4, 0.5) is 4.79 Å². The lowest BCUT2D eigenvalue weighted by Gasteiger charge is -2.40. The number of likely N-dealkylation sites (tertiary alicyclic amines) is 1. The number of carbonyl (C=O) groups is 2. The summed E-state index contributed by atoms with van der Waals surface area (Å²) in [6.45, 7) is 12.1. The normalized spacial score (nSPS) is 28.4. The van der Waals surface area contributed by atoms with Crippen LogP contribution < -0.4 is 0 Å². The van der Waals surface area contributed by atoms with Crippen LogP contribution in [0.25, 0.3) is 0 Å². The zero-order valence-electron chi connectivity index (χ0n) is 18.3. The molecular weight excluding hydrogens is 370 g/mol. The summed E-state index contributed by atoms with van der Waals surface area (Å²) in [6.07, 6.45) is 5.39. The number of piperazine rings is 1. The smallest absolute Gasteiger partial charge is 0.410 e. The molecule has 7 nitrogen and oxygen atoms in total. The van der Waals surface area contributed by atoms with E-state index in [1.54, 1.807) is 4.90 Å². The lowest BCUT2D eigenvalue weighted by atomic mass is 9.89. The minimum Gasteiger partial charge on any atom is -0.444 e. The second kappa shape index (κ2) is 8.06. The van der Waals surface area contributed by atoms with Gasteiger partial charge in [0.25, 0.3) is 0 Å². The van der Waals surface area contributed by atoms with Gasteiger partial charge in [-0.3, -0.25) is 4.79 Å². The van der Waals surface area contributed by atoms with Crippen LogP contribution in [0.15, 0.2) is 0 Å². The van der Waals surface area contributed by atoms with Crippen molar-refractivity contribution in [2.24, 2.45) is 11.3 Å². The van der Waals surface area contributed by atoms with Crippen molar-refractivity contribution in [3.63, 3.8) is 0 Å². The topological polar surface area (TPSA) is 62.3 Å². The van der Waals surface area contributed by atoms with Gasteiger partial charge >= 0.3 is 6.09 Å². The summed E-state index contributed by atoms with van der Waals surface area (Å²) in [5, 5.41) is 0. The maximum atomic E-state index is 13.1. The standard InChI is InChI=1S/C22H37N3O4/c1-21(2,3)29-20(27)25-12-10-24(11-13-25)19(26)18-16-22(18)6-8-23(9-7-22)17-4-14-28-15-5-17/h17-18H,4-16H2,1-3H3. The molecule has 29 heavy (non-hydrogen) atoms. The van der Waals surface area contributed by atoms with Crippen LogP contribution in [0.2, 0.25) is 0 Å². The van der Waals surface area contributed by atoms with E-state index in [-0.39, 0.29) is 17.4 Å². The van der Waals surface area contributed by atoms with Crippen molar-refractivity contribution in [1.29, 1.82) is 0 Å². The molecule has 4 fully saturated rings. The molecule has 0 N–H and O–H groups in total. The van der Waals surface area contributed by atoms with Crippen molar-refractivity contribution in [1.82, 2.24) is 14.7 Å². The Morgan fingerprint density at radius 3 is 2.10 bits per heavy atom. The fourth-order valence-corrected chi connectivity index (χ4v) is 5.29. The Balaban J connectivity index is 1.22. The number of nitrogens with zero attached hydrogens (tertiary/aromatic N) is 3. The van der Waals surface area contributed by atoms with E-state index in [1.165, 1.54) is 0 Å². The number of ether oxygens (including phenoxy) is 2. The summed E-state index contributed by atoms with van der Waals surface area (Å²) < 4.78 is 11.0. The van der Waals surface area contributed by atoms with E-state index in [4.69, 9.17) is 9.47 Å². The summed E-state index contributed by atoms with van der Waals surface area (Å²) in [5.41, 5.74) is -0.231. The van der Waals surface area contributed by atoms with Gasteiger partial charge in [-0.25, -0.2) is 4.79 Å². The predicted octanol–water partition coefficient (Wildman–Crippen LogP) is 2.35. The van der Waals surface area contributed by atoms with Gasteiger partial charge in [0.15, 0.2) is 0 Å². The Bertz CT molecular complexity index is 610. The van der Waals surface area contributed by atoms with Gasteiger partial charge in [-0.15, -0.1) is 0 Å². The lowest BCUT2D eigenvalue weighted by molar-refractivity contribution is -0.135. The molecule has 3 saturated heterocycles. The van der Waals surface area contributed by atoms with Gasteiger partial charge in [0, 0.05) is 51.4 Å². The van der Waals surface area contributed by atoms with Crippen LogP contribution in [-0.4, -0.2) is 90.8 Å². The molecule has 2 amide bonds. The zero-order valence-corrected chi connectivity index (χ0v) is 18.3. The average Bonchev–Trinajstić information content (AvgIpc) is 3.40. The third kappa shape index (κ3) is 4.71. The van der Waals surface area contributed by atoms with Crippen LogP contribution in [0.1, 0.15) is 52.9 Å². The van der Waals surface area contributed by atoms with Crippen LogP contribution in [-0.2, 0) is 14.3 Å². The molecule has 1 atom stereocenters. The molecule has 4 rings (SSSR count). The highest BCUT2D eigenvalue weighted by atomic mass is 16.6. The molecule has 0 radical (unpaired) electrons. The minimum absolute atomic E-state index is 0.201. The highest BCUT2D eigenvalue weighted by molar-refractivity contribution is 5.83. The first-order valence-electron chi connectivity index (χ1n) is 11.4. The van der Waals surface area contributed by atoms with Crippen molar-refractivity contribution in [3.05, 3.63) is 0 Å². The van der Waals surface area contributed by atoms with Crippen LogP contribution in [0.5, 0.6) is 0 Å². The fraction of sp³-hybridized carbons (Fsp3) is 0.909. The summed E-state index contributed by atoms with van der Waals surface area (Å²) in [6, 6.07) is 0.676. The molecule has 1 saturated carbocycles. The average molecular weight is 408 g/mol. The Hall–Kier alpha value is -1.34. The second-order valence-corrected chi connectivity index (χ2v) is 10.3. The molecule has 3 aliphatic heterocycles. The number of hydrogen-bond acceptors (Lipinski definition) is 5. The number of carbonyl (C=O) groups excluding carboxylic acids is 2. The molecule has 4 aliphatic rings. The van der Waals surface area contributed by atoms with Crippen LogP contribution >= 0.6 is 0 Å². The van der Waals surface area contributed by atoms with Crippen molar-refractivity contribution < 1.29 is 19.1 Å². The third-order valence-electron chi connectivity index (χ3n) is 7.23. The number of amides is 2. The Morgan fingerprint density at radius 1 is 0.931 bits per heavy atom. The summed E-state index contributed by atoms with van der Waals surface area (Å²) in [4.78, 5) is 31.6. The van der Waals surface area contributed by atoms with Crippen molar-refractivity contribution in [2.75, 3.05) is 52.5 Å². The van der Waals surface area contributed by atoms with E-state index < -0.39 is 5.60 Å². The second-order valence-electron chi connectivity index (χ2n) is 10.3. The Kier molecular flexibility index (Phi) is 5.81. The summed E-state index contributed by atoms with van der Waals surface area (Å²) in [5.74, 6) is 0.515. The van der Waals surface area contributed by atoms with E-state index in [0.29, 0.717) is 38.1 Å². The number of rotatable bonds is 2. The first-order valence-corrected chi connectivity index (χ1v) is 11.4. The molecule has 0 aromatic heterocycles. The van der Waals surface area contributed by atoms with Crippen molar-refractivity contribution >= 4 is 12.0 Å². The van der Waals surface area contributed by atoms with Crippen molar-refractivity contribution in [3.8, 4) is 0 Å². The Morgan fingerprint density at radius 2 is 1.52 bits per heavy atom. The molecule has 1 spiro atoms. The molecule has 3 heterocycles. The highest BCUT2D eigenvalue weighted by Crippen LogP contribution is 2.60. The molecule has 0 aromatic carbocycles. The molecule has 0 aromatic rings. The maximum Gasteiger partial charge on any atom is 0.410 e. The van der Waals surface area contributed by atoms with E-state index >= 15 is 0 Å². The SMILES string of the molecule is CC(C)(C)OC(=O)N1CCN(C(=O)C2CC23CCN(C2CCOCC2)CC3)CC1. The first kappa shape index (κ1) is 20.9. The van der Waals surface area contributed by atoms with Crippen LogP contribution in [0.3, 0.4) is 0 Å². The minimum atomic E-state index is -0.482. The Labute approximate surface area is 174 Å². The highest BCUT2D eigenvalue weighted by Gasteiger charge is 2.59. The maximum absolute atomic E-state index is 13.1. The quantitative estimate of drug-likeness (QED) is 0.703. The predicted molar refractivity (Wildman–Crippen MR) is 110 cm³/mol. The van der Waals surface area contributed by atoms with Gasteiger partial charge < -0.3 is 24.2 Å². The van der Waals surface area contributed by atoms with Gasteiger partial charge in [-0.2, -0.15) is 0 Å². The van der Waals surface area contributed by atoms with Gasteiger partial charge in [0.1, 0.15) is 5.60 Å². The van der Waals surface area contributed by atoms with E-state index in [2.05, 4.69) is 4.90 Å². The van der Waals surface area contributed by atoms with Gasteiger partial charge in [-0.05, 0) is 71.4 Å². The monoisotopic (exact) mass is 407 g/mol. The largest absolute Gasteiger partial charge is 0.444 e. The van der Waals surface area contributed by atoms with Gasteiger partial charge in [0.05, 0.1) is 0 Å². The van der Waals surface area contributed by atoms with E-state index in [1.807, 2.05) is 25.7 Å². The molecule has 1 aliphatic carbocycles. The lowest BCUT2D eigenvalue weighted by Crippen LogP contribution is -2.52. The van der Waals surface area contributed by atoms with Crippen molar-refractivity contribution in [2.45, 2.75) is 64.5 Å². The zero-order chi connectivity index (χ0) is 20.6. The number of hydrogen-bond donors (Lipinski definition) is 0. The summed E-state index contributed by atoms with van der Waals surface area (Å²) in [7, 11) is 0. The number of piperidine rings is 1. The molecule has 0 bridgehead atoms. The van der Waals surface area contributed by atoms with E-state index in [9.17, 15) is 9.59 Å². The molecule has 7 heteroatoms. The molecular formula is C22H37N3O4. The van der Waals surface area contributed by atoms with Gasteiger partial charge in [0.2, 0.25) is 5.91 Å². The van der Waals surface area contributed by atoms with Crippen LogP contribution in [0, 0.1) is 11.3 Å². The first-order chi connectivity index (χ1) is 13.8. The third-order valence-corrected chi connectivity index (χ3v) is 7.23.